The van der Waals surface area contributed by atoms with Crippen molar-refractivity contribution in [3.05, 3.63) is 48.0 Å². The molecule has 6 heteroatoms. The highest BCUT2D eigenvalue weighted by Crippen LogP contribution is 2.27. The molecule has 1 amide bonds. The van der Waals surface area contributed by atoms with E-state index >= 15 is 0 Å². The van der Waals surface area contributed by atoms with Crippen LogP contribution in [0.1, 0.15) is 24.8 Å². The summed E-state index contributed by atoms with van der Waals surface area (Å²) in [4.78, 5) is 11.9. The van der Waals surface area contributed by atoms with E-state index in [0.29, 0.717) is 26.0 Å². The third kappa shape index (κ3) is 7.02. The molecule has 0 radical (unpaired) electrons. The van der Waals surface area contributed by atoms with Crippen molar-refractivity contribution in [2.45, 2.75) is 25.7 Å². The first-order valence-corrected chi connectivity index (χ1v) is 9.40. The summed E-state index contributed by atoms with van der Waals surface area (Å²) in [6.07, 6.45) is 2.85. The average Bonchev–Trinajstić information content (AvgIpc) is 2.74. The normalized spacial score (nSPS) is 10.2. The first kappa shape index (κ1) is 21.4. The van der Waals surface area contributed by atoms with E-state index in [-0.39, 0.29) is 5.91 Å². The molecule has 6 nitrogen and oxygen atoms in total. The molecule has 0 atom stereocenters. The summed E-state index contributed by atoms with van der Waals surface area (Å²) in [5.74, 6) is 3.05. The van der Waals surface area contributed by atoms with E-state index in [2.05, 4.69) is 5.32 Å². The molecule has 28 heavy (non-hydrogen) atoms. The van der Waals surface area contributed by atoms with Crippen molar-refractivity contribution < 1.29 is 23.7 Å². The van der Waals surface area contributed by atoms with Gasteiger partial charge in [-0.15, -0.1) is 0 Å². The van der Waals surface area contributed by atoms with E-state index in [1.807, 2.05) is 42.5 Å². The fraction of sp³-hybridized carbons (Fsp3) is 0.409. The molecule has 0 saturated heterocycles. The van der Waals surface area contributed by atoms with Crippen molar-refractivity contribution in [1.82, 2.24) is 5.32 Å². The Kier molecular flexibility index (Phi) is 8.98. The lowest BCUT2D eigenvalue weighted by Gasteiger charge is -2.10. The van der Waals surface area contributed by atoms with Crippen LogP contribution in [0.4, 0.5) is 0 Å². The number of aryl methyl sites for hydroxylation is 1. The molecule has 0 spiro atoms. The fourth-order valence-electron chi connectivity index (χ4n) is 2.74. The molecular weight excluding hydrogens is 358 g/mol. The molecular formula is C22H29NO5. The lowest BCUT2D eigenvalue weighted by molar-refractivity contribution is -0.121. The van der Waals surface area contributed by atoms with Gasteiger partial charge < -0.3 is 24.3 Å². The monoisotopic (exact) mass is 387 g/mol. The Bertz CT molecular complexity index is 730. The molecule has 0 bridgehead atoms. The minimum Gasteiger partial charge on any atom is -0.497 e. The van der Waals surface area contributed by atoms with Crippen molar-refractivity contribution in [3.63, 3.8) is 0 Å². The molecule has 1 N–H and O–H groups in total. The number of hydrogen-bond donors (Lipinski definition) is 1. The number of carbonyl (C=O) groups is 1. The third-order valence-corrected chi connectivity index (χ3v) is 4.29. The molecule has 152 valence electrons. The second-order valence-electron chi connectivity index (χ2n) is 6.27. The summed E-state index contributed by atoms with van der Waals surface area (Å²) in [5, 5.41) is 2.95. The maximum absolute atomic E-state index is 11.9. The van der Waals surface area contributed by atoms with Crippen LogP contribution in [-0.4, -0.2) is 40.4 Å². The molecule has 0 aliphatic rings. The Labute approximate surface area is 166 Å². The maximum Gasteiger partial charge on any atom is 0.220 e. The lowest BCUT2D eigenvalue weighted by Crippen LogP contribution is -2.24. The van der Waals surface area contributed by atoms with Gasteiger partial charge in [0.25, 0.3) is 0 Å². The predicted octanol–water partition coefficient (Wildman–Crippen LogP) is 3.62. The minimum atomic E-state index is 0.0469. The van der Waals surface area contributed by atoms with Gasteiger partial charge in [0, 0.05) is 13.0 Å². The zero-order valence-electron chi connectivity index (χ0n) is 16.8. The van der Waals surface area contributed by atoms with Crippen molar-refractivity contribution in [2.75, 3.05) is 34.5 Å². The van der Waals surface area contributed by atoms with E-state index in [4.69, 9.17) is 18.9 Å². The first-order valence-electron chi connectivity index (χ1n) is 9.40. The standard InChI is InChI=1S/C22H29NO5/c1-25-18-9-11-19(12-10-18)28-15-5-7-22(24)23-14-4-6-17-8-13-20(26-2)21(16-17)27-3/h8-13,16H,4-7,14-15H2,1-3H3,(H,23,24). The van der Waals surface area contributed by atoms with Crippen molar-refractivity contribution >= 4 is 5.91 Å². The zero-order chi connectivity index (χ0) is 20.2. The Balaban J connectivity index is 1.58. The number of ether oxygens (including phenoxy) is 4. The quantitative estimate of drug-likeness (QED) is 0.564. The topological polar surface area (TPSA) is 66.0 Å². The summed E-state index contributed by atoms with van der Waals surface area (Å²) in [6, 6.07) is 13.3. The van der Waals surface area contributed by atoms with Gasteiger partial charge in [-0.1, -0.05) is 6.07 Å². The van der Waals surface area contributed by atoms with Crippen LogP contribution in [0.3, 0.4) is 0 Å². The summed E-state index contributed by atoms with van der Waals surface area (Å²) in [6.45, 7) is 1.15. The average molecular weight is 387 g/mol. The van der Waals surface area contributed by atoms with Crippen LogP contribution in [0.2, 0.25) is 0 Å². The van der Waals surface area contributed by atoms with E-state index in [1.54, 1.807) is 21.3 Å². The van der Waals surface area contributed by atoms with Gasteiger partial charge >= 0.3 is 0 Å². The largest absolute Gasteiger partial charge is 0.497 e. The van der Waals surface area contributed by atoms with Crippen molar-refractivity contribution in [2.24, 2.45) is 0 Å². The molecule has 0 unspecified atom stereocenters. The van der Waals surface area contributed by atoms with Crippen LogP contribution in [0.25, 0.3) is 0 Å². The second-order valence-corrected chi connectivity index (χ2v) is 6.27. The van der Waals surface area contributed by atoms with Crippen LogP contribution >= 0.6 is 0 Å². The SMILES string of the molecule is COc1ccc(OCCCC(=O)NCCCc2ccc(OC)c(OC)c2)cc1. The Morgan fingerprint density at radius 1 is 0.857 bits per heavy atom. The fourth-order valence-corrected chi connectivity index (χ4v) is 2.74. The van der Waals surface area contributed by atoms with E-state index in [0.717, 1.165) is 41.4 Å². The molecule has 0 aliphatic heterocycles. The molecule has 2 aromatic carbocycles. The number of benzene rings is 2. The summed E-state index contributed by atoms with van der Waals surface area (Å²) < 4.78 is 21.3. The highest BCUT2D eigenvalue weighted by Gasteiger charge is 2.05. The minimum absolute atomic E-state index is 0.0469. The number of nitrogens with one attached hydrogen (secondary N) is 1. The van der Waals surface area contributed by atoms with E-state index in [1.165, 1.54) is 0 Å². The molecule has 0 saturated carbocycles. The molecule has 2 rings (SSSR count). The van der Waals surface area contributed by atoms with E-state index in [9.17, 15) is 4.79 Å². The number of amides is 1. The summed E-state index contributed by atoms with van der Waals surface area (Å²) in [5.41, 5.74) is 1.15. The number of rotatable bonds is 12. The molecule has 0 heterocycles. The number of carbonyl (C=O) groups excluding carboxylic acids is 1. The Morgan fingerprint density at radius 3 is 2.25 bits per heavy atom. The van der Waals surface area contributed by atoms with E-state index < -0.39 is 0 Å². The summed E-state index contributed by atoms with van der Waals surface area (Å²) >= 11 is 0. The number of methoxy groups -OCH3 is 3. The van der Waals surface area contributed by atoms with Gasteiger partial charge in [0.15, 0.2) is 11.5 Å². The maximum atomic E-state index is 11.9. The highest BCUT2D eigenvalue weighted by molar-refractivity contribution is 5.75. The number of hydrogen-bond acceptors (Lipinski definition) is 5. The van der Waals surface area contributed by atoms with Gasteiger partial charge in [-0.05, 0) is 61.2 Å². The molecule has 2 aromatic rings. The van der Waals surface area contributed by atoms with Gasteiger partial charge in [-0.2, -0.15) is 0 Å². The summed E-state index contributed by atoms with van der Waals surface area (Å²) in [7, 11) is 4.87. The van der Waals surface area contributed by atoms with Crippen LogP contribution < -0.4 is 24.3 Å². The van der Waals surface area contributed by atoms with Crippen molar-refractivity contribution in [3.8, 4) is 23.0 Å². The van der Waals surface area contributed by atoms with Crippen LogP contribution in [0, 0.1) is 0 Å². The Morgan fingerprint density at radius 2 is 1.57 bits per heavy atom. The van der Waals surface area contributed by atoms with Gasteiger partial charge in [0.05, 0.1) is 27.9 Å². The van der Waals surface area contributed by atoms with Gasteiger partial charge in [-0.3, -0.25) is 4.79 Å². The molecule has 0 aliphatic carbocycles. The van der Waals surface area contributed by atoms with Gasteiger partial charge in [-0.25, -0.2) is 0 Å². The highest BCUT2D eigenvalue weighted by atomic mass is 16.5. The van der Waals surface area contributed by atoms with Crippen LogP contribution in [-0.2, 0) is 11.2 Å². The lowest BCUT2D eigenvalue weighted by atomic mass is 10.1. The van der Waals surface area contributed by atoms with Crippen LogP contribution in [0.15, 0.2) is 42.5 Å². The smallest absolute Gasteiger partial charge is 0.220 e. The molecule has 0 fully saturated rings. The molecule has 0 aromatic heterocycles. The first-order chi connectivity index (χ1) is 13.7. The van der Waals surface area contributed by atoms with Gasteiger partial charge in [0.1, 0.15) is 11.5 Å². The Hall–Kier alpha value is -2.89. The zero-order valence-corrected chi connectivity index (χ0v) is 16.8. The van der Waals surface area contributed by atoms with Gasteiger partial charge in [0.2, 0.25) is 5.91 Å². The van der Waals surface area contributed by atoms with Crippen LogP contribution in [0.5, 0.6) is 23.0 Å². The predicted molar refractivity (Wildman–Crippen MR) is 109 cm³/mol. The van der Waals surface area contributed by atoms with Crippen molar-refractivity contribution in [1.29, 1.82) is 0 Å². The third-order valence-electron chi connectivity index (χ3n) is 4.29. The second kappa shape index (κ2) is 11.7.